The average molecular weight is 276 g/mol. The Morgan fingerprint density at radius 3 is 2.95 bits per heavy atom. The maximum absolute atomic E-state index is 11.4. The van der Waals surface area contributed by atoms with E-state index in [1.165, 1.54) is 31.6 Å². The van der Waals surface area contributed by atoms with Crippen molar-refractivity contribution in [1.29, 1.82) is 0 Å². The summed E-state index contributed by atoms with van der Waals surface area (Å²) in [5.74, 6) is -0.551. The molecule has 0 saturated heterocycles. The van der Waals surface area contributed by atoms with Crippen LogP contribution < -0.4 is 5.32 Å². The van der Waals surface area contributed by atoms with Crippen LogP contribution in [0.4, 0.5) is 11.4 Å². The van der Waals surface area contributed by atoms with E-state index in [4.69, 9.17) is 0 Å². The molecule has 0 aliphatic heterocycles. The van der Waals surface area contributed by atoms with Crippen molar-refractivity contribution < 1.29 is 14.5 Å². The summed E-state index contributed by atoms with van der Waals surface area (Å²) in [4.78, 5) is 28.6. The van der Waals surface area contributed by atoms with Gasteiger partial charge in [-0.15, -0.1) is 0 Å². The predicted octanol–water partition coefficient (Wildman–Crippen LogP) is 1.72. The lowest BCUT2D eigenvalue weighted by Gasteiger charge is -2.07. The monoisotopic (exact) mass is 276 g/mol. The normalized spacial score (nSPS) is 10.1. The number of nitrogens with zero attached hydrogens (tertiary/aromatic N) is 2. The molecule has 2 rings (SSSR count). The summed E-state index contributed by atoms with van der Waals surface area (Å²) in [6, 6.07) is 4.01. The first-order valence-electron chi connectivity index (χ1n) is 5.69. The van der Waals surface area contributed by atoms with Gasteiger partial charge < -0.3 is 15.0 Å². The highest BCUT2D eigenvalue weighted by Gasteiger charge is 2.17. The number of rotatable bonds is 5. The van der Waals surface area contributed by atoms with Crippen LogP contribution in [-0.2, 0) is 11.3 Å². The van der Waals surface area contributed by atoms with Gasteiger partial charge in [0.1, 0.15) is 5.69 Å². The Morgan fingerprint density at radius 2 is 2.35 bits per heavy atom. The second-order valence-electron chi connectivity index (χ2n) is 3.91. The molecule has 0 fully saturated rings. The third-order valence-corrected chi connectivity index (χ3v) is 2.64. The smallest absolute Gasteiger partial charge is 0.337 e. The van der Waals surface area contributed by atoms with Crippen molar-refractivity contribution in [2.45, 2.75) is 6.54 Å². The molecule has 0 atom stereocenters. The molecule has 0 unspecified atom stereocenters. The van der Waals surface area contributed by atoms with E-state index in [9.17, 15) is 14.9 Å². The predicted molar refractivity (Wildman–Crippen MR) is 70.4 cm³/mol. The fraction of sp³-hybridized carbons (Fsp3) is 0.167. The lowest BCUT2D eigenvalue weighted by Crippen LogP contribution is -2.06. The summed E-state index contributed by atoms with van der Waals surface area (Å²) in [6.45, 7) is 0.325. The van der Waals surface area contributed by atoms with Crippen LogP contribution in [0, 0.1) is 10.1 Å². The minimum Gasteiger partial charge on any atom is -0.465 e. The molecular formula is C12H12N4O4. The molecule has 0 amide bonds. The van der Waals surface area contributed by atoms with Gasteiger partial charge in [-0.05, 0) is 12.1 Å². The second-order valence-corrected chi connectivity index (χ2v) is 3.91. The van der Waals surface area contributed by atoms with Gasteiger partial charge in [-0.2, -0.15) is 0 Å². The SMILES string of the molecule is COC(=O)c1ccc([N+](=O)[O-])c(NCc2cnc[nH]2)c1. The molecule has 2 N–H and O–H groups in total. The van der Waals surface area contributed by atoms with Crippen LogP contribution >= 0.6 is 0 Å². The number of hydrogen-bond acceptors (Lipinski definition) is 6. The standard InChI is InChI=1S/C12H12N4O4/c1-20-12(17)8-2-3-11(16(18)19)10(4-8)14-6-9-5-13-7-15-9/h2-5,7,14H,6H2,1H3,(H,13,15). The van der Waals surface area contributed by atoms with Gasteiger partial charge in [0.2, 0.25) is 0 Å². The largest absolute Gasteiger partial charge is 0.465 e. The van der Waals surface area contributed by atoms with E-state index in [1.54, 1.807) is 6.20 Å². The van der Waals surface area contributed by atoms with Crippen molar-refractivity contribution in [2.24, 2.45) is 0 Å². The zero-order valence-corrected chi connectivity index (χ0v) is 10.6. The number of imidazole rings is 1. The first kappa shape index (κ1) is 13.5. The molecule has 8 heteroatoms. The Morgan fingerprint density at radius 1 is 1.55 bits per heavy atom. The third kappa shape index (κ3) is 2.91. The molecule has 1 aromatic carbocycles. The number of esters is 1. The van der Waals surface area contributed by atoms with Gasteiger partial charge in [-0.3, -0.25) is 10.1 Å². The third-order valence-electron chi connectivity index (χ3n) is 2.64. The molecule has 0 saturated carbocycles. The number of benzene rings is 1. The van der Waals surface area contributed by atoms with E-state index in [0.717, 1.165) is 5.69 Å². The maximum Gasteiger partial charge on any atom is 0.337 e. The van der Waals surface area contributed by atoms with Gasteiger partial charge in [-0.25, -0.2) is 9.78 Å². The Balaban J connectivity index is 2.26. The number of ether oxygens (including phenoxy) is 1. The molecular weight excluding hydrogens is 264 g/mol. The maximum atomic E-state index is 11.4. The summed E-state index contributed by atoms with van der Waals surface area (Å²) < 4.78 is 4.59. The minimum atomic E-state index is -0.551. The molecule has 1 aromatic heterocycles. The number of carbonyl (C=O) groups is 1. The van der Waals surface area contributed by atoms with Crippen LogP contribution in [0.3, 0.4) is 0 Å². The van der Waals surface area contributed by atoms with Crippen LogP contribution in [0.5, 0.6) is 0 Å². The fourth-order valence-electron chi connectivity index (χ4n) is 1.65. The van der Waals surface area contributed by atoms with Gasteiger partial charge in [0.05, 0.1) is 36.2 Å². The molecule has 1 heterocycles. The second kappa shape index (κ2) is 5.83. The number of methoxy groups -OCH3 is 1. The zero-order chi connectivity index (χ0) is 14.5. The van der Waals surface area contributed by atoms with Crippen LogP contribution in [0.1, 0.15) is 16.1 Å². The summed E-state index contributed by atoms with van der Waals surface area (Å²) in [6.07, 6.45) is 3.11. The van der Waals surface area contributed by atoms with Crippen molar-refractivity contribution in [2.75, 3.05) is 12.4 Å². The number of nitro groups is 1. The molecule has 0 spiro atoms. The lowest BCUT2D eigenvalue weighted by atomic mass is 10.1. The molecule has 8 nitrogen and oxygen atoms in total. The number of nitrogens with one attached hydrogen (secondary N) is 2. The van der Waals surface area contributed by atoms with Gasteiger partial charge >= 0.3 is 5.97 Å². The lowest BCUT2D eigenvalue weighted by molar-refractivity contribution is -0.384. The first-order valence-corrected chi connectivity index (χ1v) is 5.69. The van der Waals surface area contributed by atoms with Crippen LogP contribution in [0.2, 0.25) is 0 Å². The molecule has 104 valence electrons. The molecule has 0 radical (unpaired) electrons. The topological polar surface area (TPSA) is 110 Å². The van der Waals surface area contributed by atoms with E-state index in [-0.39, 0.29) is 16.9 Å². The highest BCUT2D eigenvalue weighted by Crippen LogP contribution is 2.26. The van der Waals surface area contributed by atoms with Gasteiger partial charge in [0, 0.05) is 12.3 Å². The zero-order valence-electron chi connectivity index (χ0n) is 10.6. The summed E-state index contributed by atoms with van der Waals surface area (Å²) in [5, 5.41) is 13.9. The Bertz CT molecular complexity index is 624. The van der Waals surface area contributed by atoms with Crippen molar-refractivity contribution in [3.8, 4) is 0 Å². The summed E-state index contributed by atoms with van der Waals surface area (Å²) >= 11 is 0. The molecule has 0 aliphatic rings. The average Bonchev–Trinajstić information content (AvgIpc) is 2.97. The van der Waals surface area contributed by atoms with E-state index in [1.807, 2.05) is 0 Å². The quantitative estimate of drug-likeness (QED) is 0.488. The van der Waals surface area contributed by atoms with Gasteiger partial charge in [-0.1, -0.05) is 0 Å². The van der Waals surface area contributed by atoms with Crippen molar-refractivity contribution in [3.63, 3.8) is 0 Å². The van der Waals surface area contributed by atoms with Crippen molar-refractivity contribution >= 4 is 17.3 Å². The number of hydrogen-bond donors (Lipinski definition) is 2. The van der Waals surface area contributed by atoms with Gasteiger partial charge in [0.15, 0.2) is 0 Å². The van der Waals surface area contributed by atoms with E-state index in [2.05, 4.69) is 20.0 Å². The highest BCUT2D eigenvalue weighted by molar-refractivity contribution is 5.91. The van der Waals surface area contributed by atoms with Crippen LogP contribution in [0.15, 0.2) is 30.7 Å². The number of aromatic amines is 1. The summed E-state index contributed by atoms with van der Waals surface area (Å²) in [7, 11) is 1.25. The van der Waals surface area contributed by atoms with E-state index >= 15 is 0 Å². The van der Waals surface area contributed by atoms with Crippen molar-refractivity contribution in [3.05, 3.63) is 52.1 Å². The summed E-state index contributed by atoms with van der Waals surface area (Å²) in [5.41, 5.74) is 1.14. The Kier molecular flexibility index (Phi) is 3.94. The number of carbonyl (C=O) groups excluding carboxylic acids is 1. The molecule has 20 heavy (non-hydrogen) atoms. The minimum absolute atomic E-state index is 0.114. The van der Waals surface area contributed by atoms with Gasteiger partial charge in [0.25, 0.3) is 5.69 Å². The number of H-pyrrole nitrogens is 1. The first-order chi connectivity index (χ1) is 9.61. The van der Waals surface area contributed by atoms with E-state index in [0.29, 0.717) is 6.54 Å². The number of nitro benzene ring substituents is 1. The molecule has 0 aliphatic carbocycles. The highest BCUT2D eigenvalue weighted by atomic mass is 16.6. The molecule has 0 bridgehead atoms. The number of aromatic nitrogens is 2. The Hall–Kier alpha value is -2.90. The molecule has 2 aromatic rings. The van der Waals surface area contributed by atoms with Crippen LogP contribution in [-0.4, -0.2) is 28.0 Å². The van der Waals surface area contributed by atoms with Crippen LogP contribution in [0.25, 0.3) is 0 Å². The number of anilines is 1. The Labute approximate surface area is 113 Å². The van der Waals surface area contributed by atoms with Crippen molar-refractivity contribution in [1.82, 2.24) is 9.97 Å². The fourth-order valence-corrected chi connectivity index (χ4v) is 1.65. The van der Waals surface area contributed by atoms with E-state index < -0.39 is 10.9 Å².